The first-order valence-corrected chi connectivity index (χ1v) is 4.71. The Morgan fingerprint density at radius 3 is 2.41 bits per heavy atom. The van der Waals surface area contributed by atoms with Crippen molar-refractivity contribution in [2.45, 2.75) is 6.18 Å². The van der Waals surface area contributed by atoms with E-state index in [0.29, 0.717) is 17.1 Å². The number of halogens is 3. The van der Waals surface area contributed by atoms with Crippen molar-refractivity contribution < 1.29 is 13.2 Å². The lowest BCUT2D eigenvalue weighted by molar-refractivity contribution is -0.141. The molecule has 0 spiro atoms. The molecule has 17 heavy (non-hydrogen) atoms. The van der Waals surface area contributed by atoms with E-state index in [1.54, 1.807) is 13.1 Å². The van der Waals surface area contributed by atoms with Crippen LogP contribution in [0.25, 0.3) is 11.3 Å². The smallest absolute Gasteiger partial charge is 0.384 e. The summed E-state index contributed by atoms with van der Waals surface area (Å²) in [7, 11) is 1.65. The largest absolute Gasteiger partial charge is 0.433 e. The van der Waals surface area contributed by atoms with Gasteiger partial charge in [0.2, 0.25) is 0 Å². The lowest BCUT2D eigenvalue weighted by Gasteiger charge is -2.05. The molecule has 0 bridgehead atoms. The molecule has 0 radical (unpaired) electrons. The Labute approximate surface area is 94.9 Å². The minimum Gasteiger partial charge on any atom is -0.384 e. The summed E-state index contributed by atoms with van der Waals surface area (Å²) in [6, 6.07) is 3.81. The zero-order chi connectivity index (χ0) is 12.6. The second-order valence-corrected chi connectivity index (χ2v) is 3.51. The molecule has 2 heterocycles. The quantitative estimate of drug-likeness (QED) is 0.832. The Morgan fingerprint density at radius 1 is 1.29 bits per heavy atom. The maximum atomic E-state index is 12.3. The minimum absolute atomic E-state index is 0.430. The summed E-state index contributed by atoms with van der Waals surface area (Å²) in [5.41, 5.74) is 5.63. The Kier molecular flexibility index (Phi) is 2.53. The maximum absolute atomic E-state index is 12.3. The van der Waals surface area contributed by atoms with Gasteiger partial charge in [-0.15, -0.1) is 0 Å². The molecule has 0 aliphatic heterocycles. The van der Waals surface area contributed by atoms with Gasteiger partial charge in [0, 0.05) is 24.9 Å². The second kappa shape index (κ2) is 3.76. The topological polar surface area (TPSA) is 56.7 Å². The molecule has 7 heteroatoms. The summed E-state index contributed by atoms with van der Waals surface area (Å²) in [5.74, 6) is 0.430. The van der Waals surface area contributed by atoms with E-state index in [2.05, 4.69) is 10.1 Å². The molecule has 2 rings (SSSR count). The van der Waals surface area contributed by atoms with Gasteiger partial charge in [0.1, 0.15) is 11.5 Å². The van der Waals surface area contributed by atoms with Crippen LogP contribution in [0.3, 0.4) is 0 Å². The molecule has 2 N–H and O–H groups in total. The normalized spacial score (nSPS) is 11.8. The number of nitrogen functional groups attached to an aromatic ring is 1. The number of anilines is 1. The zero-order valence-corrected chi connectivity index (χ0v) is 8.86. The molecule has 0 fully saturated rings. The number of aromatic nitrogens is 3. The van der Waals surface area contributed by atoms with Gasteiger partial charge in [-0.2, -0.15) is 18.3 Å². The summed E-state index contributed by atoms with van der Waals surface area (Å²) >= 11 is 0. The fourth-order valence-corrected chi connectivity index (χ4v) is 1.34. The third-order valence-corrected chi connectivity index (χ3v) is 2.27. The fourth-order valence-electron chi connectivity index (χ4n) is 1.34. The number of nitrogens with two attached hydrogens (primary N) is 1. The molecule has 2 aromatic heterocycles. The molecule has 4 nitrogen and oxygen atoms in total. The average molecular weight is 242 g/mol. The first-order chi connectivity index (χ1) is 7.88. The molecule has 0 aliphatic rings. The van der Waals surface area contributed by atoms with Crippen molar-refractivity contribution in [3.05, 3.63) is 30.1 Å². The van der Waals surface area contributed by atoms with Crippen LogP contribution in [0, 0.1) is 0 Å². The molecule has 0 aromatic carbocycles. The molecular formula is C10H9F3N4. The van der Waals surface area contributed by atoms with Gasteiger partial charge in [-0.1, -0.05) is 0 Å². The summed E-state index contributed by atoms with van der Waals surface area (Å²) in [6.45, 7) is 0. The van der Waals surface area contributed by atoms with Crippen LogP contribution in [-0.4, -0.2) is 14.8 Å². The van der Waals surface area contributed by atoms with E-state index in [1.807, 2.05) is 0 Å². The summed E-state index contributed by atoms with van der Waals surface area (Å²) in [6.07, 6.45) is -3.30. The Bertz CT molecular complexity index is 508. The summed E-state index contributed by atoms with van der Waals surface area (Å²) < 4.78 is 38.3. The number of alkyl halides is 3. The van der Waals surface area contributed by atoms with Crippen LogP contribution >= 0.6 is 0 Å². The van der Waals surface area contributed by atoms with Gasteiger partial charge in [-0.3, -0.25) is 9.67 Å². The maximum Gasteiger partial charge on any atom is 0.433 e. The molecule has 0 saturated heterocycles. The van der Waals surface area contributed by atoms with Gasteiger partial charge < -0.3 is 5.73 Å². The van der Waals surface area contributed by atoms with Crippen LogP contribution in [-0.2, 0) is 13.2 Å². The van der Waals surface area contributed by atoms with Gasteiger partial charge >= 0.3 is 6.18 Å². The van der Waals surface area contributed by atoms with Crippen molar-refractivity contribution in [3.63, 3.8) is 0 Å². The van der Waals surface area contributed by atoms with Crippen LogP contribution in [0.4, 0.5) is 19.0 Å². The first kappa shape index (κ1) is 11.4. The standard InChI is InChI=1S/C10H9F3N4/c1-17-9(14)4-7(16-17)6-2-3-8(15-5-6)10(11,12)13/h2-5H,14H2,1H3. The number of hydrogen-bond acceptors (Lipinski definition) is 3. The Hall–Kier alpha value is -2.05. The van der Waals surface area contributed by atoms with Crippen LogP contribution in [0.2, 0.25) is 0 Å². The highest BCUT2D eigenvalue weighted by Crippen LogP contribution is 2.28. The van der Waals surface area contributed by atoms with Gasteiger partial charge in [0.15, 0.2) is 0 Å². The summed E-state index contributed by atoms with van der Waals surface area (Å²) in [5, 5.41) is 4.04. The number of hydrogen-bond donors (Lipinski definition) is 1. The molecule has 0 saturated carbocycles. The number of aryl methyl sites for hydroxylation is 1. The lowest BCUT2D eigenvalue weighted by atomic mass is 10.2. The second-order valence-electron chi connectivity index (χ2n) is 3.51. The van der Waals surface area contributed by atoms with Gasteiger partial charge in [-0.05, 0) is 12.1 Å². The highest BCUT2D eigenvalue weighted by molar-refractivity contribution is 5.61. The van der Waals surface area contributed by atoms with E-state index in [9.17, 15) is 13.2 Å². The van der Waals surface area contributed by atoms with E-state index in [4.69, 9.17) is 5.73 Å². The van der Waals surface area contributed by atoms with E-state index in [1.165, 1.54) is 10.7 Å². The summed E-state index contributed by atoms with van der Waals surface area (Å²) in [4.78, 5) is 3.35. The van der Waals surface area contributed by atoms with Crippen molar-refractivity contribution in [3.8, 4) is 11.3 Å². The Balaban J connectivity index is 2.36. The SMILES string of the molecule is Cn1nc(-c2ccc(C(F)(F)F)nc2)cc1N. The predicted octanol–water partition coefficient (Wildman–Crippen LogP) is 2.08. The van der Waals surface area contributed by atoms with Gasteiger partial charge in [0.05, 0.1) is 5.69 Å². The molecule has 90 valence electrons. The molecule has 0 amide bonds. The molecule has 0 aliphatic carbocycles. The monoisotopic (exact) mass is 242 g/mol. The Morgan fingerprint density at radius 2 is 2.00 bits per heavy atom. The third-order valence-electron chi connectivity index (χ3n) is 2.27. The van der Waals surface area contributed by atoms with Crippen LogP contribution < -0.4 is 5.73 Å². The van der Waals surface area contributed by atoms with E-state index in [-0.39, 0.29) is 0 Å². The number of rotatable bonds is 1. The van der Waals surface area contributed by atoms with E-state index < -0.39 is 11.9 Å². The van der Waals surface area contributed by atoms with Crippen molar-refractivity contribution in [1.29, 1.82) is 0 Å². The third kappa shape index (κ3) is 2.22. The average Bonchev–Trinajstić information content (AvgIpc) is 2.58. The molecule has 2 aromatic rings. The van der Waals surface area contributed by atoms with Crippen LogP contribution in [0.1, 0.15) is 5.69 Å². The fraction of sp³-hybridized carbons (Fsp3) is 0.200. The van der Waals surface area contributed by atoms with Crippen LogP contribution in [0.15, 0.2) is 24.4 Å². The molecule has 0 unspecified atom stereocenters. The number of nitrogens with zero attached hydrogens (tertiary/aromatic N) is 3. The van der Waals surface area contributed by atoms with Crippen molar-refractivity contribution in [2.75, 3.05) is 5.73 Å². The molecular weight excluding hydrogens is 233 g/mol. The predicted molar refractivity (Wildman–Crippen MR) is 55.9 cm³/mol. The van der Waals surface area contributed by atoms with Crippen molar-refractivity contribution in [1.82, 2.24) is 14.8 Å². The van der Waals surface area contributed by atoms with E-state index in [0.717, 1.165) is 12.3 Å². The highest BCUT2D eigenvalue weighted by Gasteiger charge is 2.32. The zero-order valence-electron chi connectivity index (χ0n) is 8.86. The first-order valence-electron chi connectivity index (χ1n) is 4.71. The number of pyridine rings is 1. The highest BCUT2D eigenvalue weighted by atomic mass is 19.4. The van der Waals surface area contributed by atoms with Gasteiger partial charge in [-0.25, -0.2) is 0 Å². The van der Waals surface area contributed by atoms with E-state index >= 15 is 0 Å². The van der Waals surface area contributed by atoms with Crippen molar-refractivity contribution >= 4 is 5.82 Å². The van der Waals surface area contributed by atoms with Crippen LogP contribution in [0.5, 0.6) is 0 Å². The van der Waals surface area contributed by atoms with Crippen molar-refractivity contribution in [2.24, 2.45) is 7.05 Å². The minimum atomic E-state index is -4.43. The lowest BCUT2D eigenvalue weighted by Crippen LogP contribution is -2.07. The van der Waals surface area contributed by atoms with Gasteiger partial charge in [0.25, 0.3) is 0 Å². The molecule has 0 atom stereocenters.